The van der Waals surface area contributed by atoms with Gasteiger partial charge < -0.3 is 18.6 Å². The lowest BCUT2D eigenvalue weighted by molar-refractivity contribution is -0.384. The first-order valence-electron chi connectivity index (χ1n) is 9.73. The topological polar surface area (TPSA) is 80.1 Å². The first-order chi connectivity index (χ1) is 13.9. The summed E-state index contributed by atoms with van der Waals surface area (Å²) < 4.78 is 24.9. The molecule has 1 aromatic carbocycles. The predicted molar refractivity (Wildman–Crippen MR) is 122 cm³/mol. The second-order valence-electron chi connectivity index (χ2n) is 8.66. The van der Waals surface area contributed by atoms with Crippen molar-refractivity contribution >= 4 is 29.9 Å². The number of ether oxygens (including phenoxy) is 3. The molecule has 2 rings (SSSR count). The Labute approximate surface area is 187 Å². The maximum Gasteiger partial charge on any atom is 0.269 e. The summed E-state index contributed by atoms with van der Waals surface area (Å²) in [4.78, 5) is 10.4. The maximum absolute atomic E-state index is 10.8. The fourth-order valence-corrected chi connectivity index (χ4v) is 3.60. The summed E-state index contributed by atoms with van der Waals surface area (Å²) in [5.41, 5.74) is 0.00608. The van der Waals surface area contributed by atoms with Gasteiger partial charge in [-0.25, -0.2) is 0 Å². The molecule has 1 aliphatic rings. The number of hydrogen-bond donors (Lipinski definition) is 0. The van der Waals surface area contributed by atoms with E-state index in [0.717, 1.165) is 4.48 Å². The third-order valence-electron chi connectivity index (χ3n) is 5.28. The smallest absolute Gasteiger partial charge is 0.269 e. The van der Waals surface area contributed by atoms with E-state index < -0.39 is 19.5 Å². The molecule has 0 saturated carbocycles. The third-order valence-corrected chi connectivity index (χ3v) is 10.0. The lowest BCUT2D eigenvalue weighted by Crippen LogP contribution is -2.47. The molecular formula is C21H30BrNO6Si. The summed E-state index contributed by atoms with van der Waals surface area (Å²) in [5, 5.41) is 10.9. The Kier molecular flexibility index (Phi) is 8.40. The van der Waals surface area contributed by atoms with Gasteiger partial charge in [-0.1, -0.05) is 49.4 Å². The molecule has 9 heteroatoms. The fraction of sp³-hybridized carbons (Fsp3) is 0.524. The van der Waals surface area contributed by atoms with Gasteiger partial charge in [-0.3, -0.25) is 10.1 Å². The van der Waals surface area contributed by atoms with Crippen LogP contribution in [0.3, 0.4) is 0 Å². The molecule has 0 aromatic heterocycles. The average Bonchev–Trinajstić information content (AvgIpc) is 2.65. The number of nitro benzene ring substituents is 1. The standard InChI is InChI=1S/C21H30BrNO6Si/c1-15(22)13-26-18-11-12-20(28-17-9-7-16(8-10-17)23(24)25)29-19(18)14-27-30(5,6)21(2,3)4/h7-12,18-20H,1,13-14H2,2-6H3/t18-,19-,20+/m1/s1. The molecule has 7 nitrogen and oxygen atoms in total. The Balaban J connectivity index is 2.08. The molecule has 166 valence electrons. The minimum Gasteiger partial charge on any atom is -0.461 e. The largest absolute Gasteiger partial charge is 0.461 e. The zero-order chi connectivity index (χ0) is 22.5. The number of halogens is 1. The number of nitrogens with zero attached hydrogens (tertiary/aromatic N) is 1. The Morgan fingerprint density at radius 1 is 1.27 bits per heavy atom. The molecule has 0 bridgehead atoms. The van der Waals surface area contributed by atoms with Crippen LogP contribution in [0.15, 0.2) is 47.5 Å². The van der Waals surface area contributed by atoms with Crippen LogP contribution in [-0.2, 0) is 13.9 Å². The molecule has 1 aliphatic heterocycles. The van der Waals surface area contributed by atoms with E-state index in [1.807, 2.05) is 6.08 Å². The molecule has 1 aromatic rings. The quantitative estimate of drug-likeness (QED) is 0.191. The minimum absolute atomic E-state index is 0.00608. The zero-order valence-electron chi connectivity index (χ0n) is 18.1. The summed E-state index contributed by atoms with van der Waals surface area (Å²) in [6.07, 6.45) is 2.35. The lowest BCUT2D eigenvalue weighted by atomic mass is 10.1. The van der Waals surface area contributed by atoms with E-state index >= 15 is 0 Å². The van der Waals surface area contributed by atoms with E-state index in [0.29, 0.717) is 19.0 Å². The van der Waals surface area contributed by atoms with E-state index in [-0.39, 0.29) is 22.9 Å². The molecule has 0 spiro atoms. The summed E-state index contributed by atoms with van der Waals surface area (Å²) in [6.45, 7) is 15.5. The van der Waals surface area contributed by atoms with Crippen molar-refractivity contribution in [3.8, 4) is 5.75 Å². The van der Waals surface area contributed by atoms with Crippen LogP contribution < -0.4 is 4.74 Å². The molecule has 0 unspecified atom stereocenters. The van der Waals surface area contributed by atoms with Gasteiger partial charge in [-0.2, -0.15) is 0 Å². The lowest BCUT2D eigenvalue weighted by Gasteiger charge is -2.39. The van der Waals surface area contributed by atoms with Crippen molar-refractivity contribution in [3.05, 3.63) is 57.6 Å². The summed E-state index contributed by atoms with van der Waals surface area (Å²) in [5.74, 6) is 0.479. The second kappa shape index (κ2) is 10.2. The van der Waals surface area contributed by atoms with Crippen molar-refractivity contribution in [2.75, 3.05) is 13.2 Å². The molecule has 0 fully saturated rings. The minimum atomic E-state index is -1.97. The van der Waals surface area contributed by atoms with Crippen molar-refractivity contribution in [1.82, 2.24) is 0 Å². The summed E-state index contributed by atoms with van der Waals surface area (Å²) in [7, 11) is -1.97. The van der Waals surface area contributed by atoms with Crippen LogP contribution in [0.4, 0.5) is 5.69 Å². The van der Waals surface area contributed by atoms with Crippen molar-refractivity contribution in [2.45, 2.75) is 57.4 Å². The van der Waals surface area contributed by atoms with Gasteiger partial charge in [0.15, 0.2) is 8.32 Å². The normalized spacial score (nSPS) is 22.0. The first-order valence-corrected chi connectivity index (χ1v) is 13.4. The summed E-state index contributed by atoms with van der Waals surface area (Å²) >= 11 is 3.31. The van der Waals surface area contributed by atoms with Crippen molar-refractivity contribution in [3.63, 3.8) is 0 Å². The molecule has 1 heterocycles. The van der Waals surface area contributed by atoms with Crippen molar-refractivity contribution in [2.24, 2.45) is 0 Å². The Morgan fingerprint density at radius 2 is 1.90 bits per heavy atom. The van der Waals surface area contributed by atoms with Gasteiger partial charge in [-0.05, 0) is 36.3 Å². The Morgan fingerprint density at radius 3 is 2.43 bits per heavy atom. The van der Waals surface area contributed by atoms with Crippen LogP contribution >= 0.6 is 15.9 Å². The van der Waals surface area contributed by atoms with Crippen LogP contribution in [0.25, 0.3) is 0 Å². The van der Waals surface area contributed by atoms with E-state index in [1.165, 1.54) is 12.1 Å². The number of rotatable bonds is 9. The van der Waals surface area contributed by atoms with Gasteiger partial charge in [-0.15, -0.1) is 0 Å². The highest BCUT2D eigenvalue weighted by Crippen LogP contribution is 2.37. The molecule has 3 atom stereocenters. The predicted octanol–water partition coefficient (Wildman–Crippen LogP) is 5.57. The highest BCUT2D eigenvalue weighted by atomic mass is 79.9. The monoisotopic (exact) mass is 499 g/mol. The van der Waals surface area contributed by atoms with Gasteiger partial charge in [0.25, 0.3) is 5.69 Å². The molecule has 0 aliphatic carbocycles. The van der Waals surface area contributed by atoms with Crippen molar-refractivity contribution < 1.29 is 23.6 Å². The second-order valence-corrected chi connectivity index (χ2v) is 14.6. The number of benzene rings is 1. The van der Waals surface area contributed by atoms with Crippen LogP contribution in [0.1, 0.15) is 20.8 Å². The maximum atomic E-state index is 10.8. The third kappa shape index (κ3) is 7.02. The van der Waals surface area contributed by atoms with Crippen molar-refractivity contribution in [1.29, 1.82) is 0 Å². The fourth-order valence-electron chi connectivity index (χ4n) is 2.46. The molecule has 0 amide bonds. The van der Waals surface area contributed by atoms with Gasteiger partial charge in [0.05, 0.1) is 18.1 Å². The number of non-ortho nitro benzene ring substituents is 1. The molecule has 0 N–H and O–H groups in total. The molecule has 0 saturated heterocycles. The number of nitro groups is 1. The number of hydrogen-bond acceptors (Lipinski definition) is 6. The van der Waals surface area contributed by atoms with Gasteiger partial charge in [0, 0.05) is 16.6 Å². The van der Waals surface area contributed by atoms with Gasteiger partial charge in [0.2, 0.25) is 6.29 Å². The molecular weight excluding hydrogens is 470 g/mol. The van der Waals surface area contributed by atoms with Crippen LogP contribution in [-0.4, -0.2) is 45.0 Å². The van der Waals surface area contributed by atoms with Gasteiger partial charge in [0.1, 0.15) is 18.0 Å². The molecule has 30 heavy (non-hydrogen) atoms. The van der Waals surface area contributed by atoms with E-state index in [2.05, 4.69) is 56.4 Å². The van der Waals surface area contributed by atoms with E-state index in [4.69, 9.17) is 18.6 Å². The Hall–Kier alpha value is -1.52. The highest BCUT2D eigenvalue weighted by molar-refractivity contribution is 9.11. The first kappa shape index (κ1) is 24.7. The van der Waals surface area contributed by atoms with Crippen LogP contribution in [0, 0.1) is 10.1 Å². The highest BCUT2D eigenvalue weighted by Gasteiger charge is 2.39. The van der Waals surface area contributed by atoms with Crippen LogP contribution in [0.2, 0.25) is 18.1 Å². The van der Waals surface area contributed by atoms with Gasteiger partial charge >= 0.3 is 0 Å². The SMILES string of the molecule is C=C(Br)CO[C@@H]1C=C[C@@H](Oc2ccc([N+](=O)[O-])cc2)O[C@@H]1CO[Si](C)(C)C(C)(C)C. The summed E-state index contributed by atoms with van der Waals surface area (Å²) in [6, 6.07) is 5.89. The average molecular weight is 500 g/mol. The molecule has 0 radical (unpaired) electrons. The van der Waals surface area contributed by atoms with E-state index in [1.54, 1.807) is 18.2 Å². The van der Waals surface area contributed by atoms with E-state index in [9.17, 15) is 10.1 Å². The van der Waals surface area contributed by atoms with Crippen LogP contribution in [0.5, 0.6) is 5.75 Å². The zero-order valence-corrected chi connectivity index (χ0v) is 20.7. The Bertz CT molecular complexity index is 775.